The van der Waals surface area contributed by atoms with Gasteiger partial charge in [-0.05, 0) is 18.2 Å². The maximum Gasteiger partial charge on any atom is 0.229 e. The minimum Gasteiger partial charge on any atom is -0.507 e. The third kappa shape index (κ3) is 4.79. The van der Waals surface area contributed by atoms with E-state index in [2.05, 4.69) is 0 Å². The van der Waals surface area contributed by atoms with Crippen molar-refractivity contribution in [3.63, 3.8) is 0 Å². The van der Waals surface area contributed by atoms with Gasteiger partial charge in [-0.15, -0.1) is 0 Å². The van der Waals surface area contributed by atoms with E-state index < -0.39 is 130 Å². The van der Waals surface area contributed by atoms with Crippen molar-refractivity contribution < 1.29 is 85.4 Å². The van der Waals surface area contributed by atoms with E-state index >= 15 is 0 Å². The van der Waals surface area contributed by atoms with Gasteiger partial charge in [0.1, 0.15) is 71.5 Å². The zero-order valence-electron chi connectivity index (χ0n) is 22.7. The van der Waals surface area contributed by atoms with Gasteiger partial charge in [-0.1, -0.05) is 0 Å². The summed E-state index contributed by atoms with van der Waals surface area (Å²) in [6.45, 7) is -2.21. The molecule has 2 aliphatic heterocycles. The first kappa shape index (κ1) is 32.8. The molecule has 14 N–H and O–H groups in total. The number of fused-ring (bicyclic) bond motifs is 1. The Morgan fingerprint density at radius 3 is 1.67 bits per heavy atom. The van der Waals surface area contributed by atoms with E-state index in [9.17, 15) is 76.3 Å². The van der Waals surface area contributed by atoms with Crippen LogP contribution in [0.3, 0.4) is 0 Å². The summed E-state index contributed by atoms with van der Waals surface area (Å²) < 4.78 is 16.2. The van der Waals surface area contributed by atoms with Gasteiger partial charge < -0.3 is 85.4 Å². The molecular formula is C27H30O18. The largest absolute Gasteiger partial charge is 0.507 e. The van der Waals surface area contributed by atoms with E-state index in [1.807, 2.05) is 0 Å². The van der Waals surface area contributed by atoms with Gasteiger partial charge in [0, 0.05) is 11.6 Å². The van der Waals surface area contributed by atoms with Crippen molar-refractivity contribution in [2.24, 2.45) is 0 Å². The molecule has 2 saturated heterocycles. The Labute approximate surface area is 250 Å². The van der Waals surface area contributed by atoms with Crippen LogP contribution in [-0.2, 0) is 21.0 Å². The van der Waals surface area contributed by atoms with Gasteiger partial charge in [0.2, 0.25) is 11.6 Å². The van der Waals surface area contributed by atoms with Crippen LogP contribution in [0.25, 0.3) is 22.3 Å². The number of phenols is 4. The molecule has 0 spiro atoms. The van der Waals surface area contributed by atoms with Crippen LogP contribution in [0.15, 0.2) is 33.5 Å². The van der Waals surface area contributed by atoms with Crippen molar-refractivity contribution in [3.05, 3.63) is 45.6 Å². The van der Waals surface area contributed by atoms with Crippen molar-refractivity contribution in [2.45, 2.75) is 60.4 Å². The van der Waals surface area contributed by atoms with Crippen molar-refractivity contribution in [2.75, 3.05) is 13.2 Å². The predicted molar refractivity (Wildman–Crippen MR) is 142 cm³/mol. The Kier molecular flexibility index (Phi) is 8.23. The van der Waals surface area contributed by atoms with Crippen molar-refractivity contribution >= 4 is 11.0 Å². The quantitative estimate of drug-likeness (QED) is 0.117. The van der Waals surface area contributed by atoms with Gasteiger partial charge in [0.15, 0.2) is 22.5 Å². The van der Waals surface area contributed by atoms with Gasteiger partial charge in [0.25, 0.3) is 0 Å². The molecule has 18 heteroatoms. The molecule has 0 saturated carbocycles. The molecule has 2 aliphatic rings. The zero-order valence-corrected chi connectivity index (χ0v) is 22.7. The highest BCUT2D eigenvalue weighted by molar-refractivity contribution is 5.92. The monoisotopic (exact) mass is 642 g/mol. The van der Waals surface area contributed by atoms with Gasteiger partial charge in [-0.2, -0.15) is 0 Å². The summed E-state index contributed by atoms with van der Waals surface area (Å²) >= 11 is 0. The Morgan fingerprint density at radius 2 is 1.18 bits per heavy atom. The molecule has 10 atom stereocenters. The Balaban J connectivity index is 1.91. The maximum absolute atomic E-state index is 13.5. The minimum atomic E-state index is -3.50. The number of phenolic OH excluding ortho intramolecular Hbond substituents is 4. The summed E-state index contributed by atoms with van der Waals surface area (Å²) in [5, 5.41) is 147. The van der Waals surface area contributed by atoms with Crippen LogP contribution in [0.5, 0.6) is 23.0 Å². The summed E-state index contributed by atoms with van der Waals surface area (Å²) in [5.41, 5.74) is -4.98. The van der Waals surface area contributed by atoms with E-state index in [1.54, 1.807) is 0 Å². The number of ether oxygens (including phenoxy) is 2. The smallest absolute Gasteiger partial charge is 0.229 e. The van der Waals surface area contributed by atoms with Crippen LogP contribution < -0.4 is 5.43 Å². The fourth-order valence-electron chi connectivity index (χ4n) is 5.57. The summed E-state index contributed by atoms with van der Waals surface area (Å²) in [7, 11) is 0. The van der Waals surface area contributed by atoms with Gasteiger partial charge in [0.05, 0.1) is 24.3 Å². The molecule has 1 aromatic heterocycles. The van der Waals surface area contributed by atoms with Crippen LogP contribution >= 0.6 is 0 Å². The Hall–Kier alpha value is -3.63. The van der Waals surface area contributed by atoms with Gasteiger partial charge >= 0.3 is 0 Å². The highest BCUT2D eigenvalue weighted by Crippen LogP contribution is 2.53. The fourth-order valence-corrected chi connectivity index (χ4v) is 5.57. The van der Waals surface area contributed by atoms with Crippen LogP contribution in [0.1, 0.15) is 11.1 Å². The van der Waals surface area contributed by atoms with Crippen LogP contribution in [0, 0.1) is 0 Å². The molecule has 18 nitrogen and oxygen atoms in total. The number of benzene rings is 2. The molecule has 0 amide bonds. The lowest BCUT2D eigenvalue weighted by atomic mass is 9.82. The molecule has 3 aromatic rings. The van der Waals surface area contributed by atoms with E-state index in [-0.39, 0.29) is 5.56 Å². The minimum absolute atomic E-state index is 0.105. The molecule has 2 unspecified atom stereocenters. The molecular weight excluding hydrogens is 612 g/mol. The topological polar surface area (TPSA) is 332 Å². The summed E-state index contributed by atoms with van der Waals surface area (Å²) in [5.74, 6) is -11.7. The molecule has 246 valence electrons. The summed E-state index contributed by atoms with van der Waals surface area (Å²) in [6, 6.07) is 3.82. The third-order valence-corrected chi connectivity index (χ3v) is 8.03. The van der Waals surface area contributed by atoms with Crippen LogP contribution in [0.2, 0.25) is 0 Å². The number of hydrogen-bond donors (Lipinski definition) is 14. The number of aliphatic hydroxyl groups is 10. The van der Waals surface area contributed by atoms with E-state index in [0.29, 0.717) is 6.07 Å². The Morgan fingerprint density at radius 1 is 0.667 bits per heavy atom. The van der Waals surface area contributed by atoms with Crippen molar-refractivity contribution in [1.29, 1.82) is 0 Å². The first-order chi connectivity index (χ1) is 21.0. The molecule has 3 heterocycles. The van der Waals surface area contributed by atoms with Gasteiger partial charge in [-0.25, -0.2) is 0 Å². The molecule has 0 bridgehead atoms. The second kappa shape index (κ2) is 11.3. The van der Waals surface area contributed by atoms with E-state index in [4.69, 9.17) is 13.9 Å². The normalized spacial score (nSPS) is 35.5. The lowest BCUT2D eigenvalue weighted by Gasteiger charge is -2.47. The molecule has 0 radical (unpaired) electrons. The summed E-state index contributed by atoms with van der Waals surface area (Å²) in [6.07, 6.45) is -17.8. The summed E-state index contributed by atoms with van der Waals surface area (Å²) in [4.78, 5) is 13.5. The van der Waals surface area contributed by atoms with E-state index in [1.165, 1.54) is 0 Å². The highest BCUT2D eigenvalue weighted by atomic mass is 16.7. The van der Waals surface area contributed by atoms with Crippen molar-refractivity contribution in [1.82, 2.24) is 0 Å². The average Bonchev–Trinajstić information content (AvgIpc) is 2.99. The lowest BCUT2D eigenvalue weighted by Crippen LogP contribution is -2.64. The Bertz CT molecular complexity index is 1670. The number of aliphatic hydroxyl groups excluding tert-OH is 8. The first-order valence-corrected chi connectivity index (χ1v) is 13.2. The number of rotatable bonds is 5. The van der Waals surface area contributed by atoms with Crippen molar-refractivity contribution in [3.8, 4) is 34.3 Å². The average molecular weight is 643 g/mol. The van der Waals surface area contributed by atoms with E-state index in [0.717, 1.165) is 18.2 Å². The fraction of sp³-hybridized carbons (Fsp3) is 0.444. The molecule has 2 fully saturated rings. The lowest BCUT2D eigenvalue weighted by molar-refractivity contribution is -0.361. The standard InChI is InChI=1S/C27H30O18/c28-5-12-17(33)21(37)24(39)26(41,44-12)15-19(35)14-10(32)4-11(7-1-2-8(30)9(31)3-7)43-23(14)16(20(15)36)27(42)25(40)22(38)18(34)13(6-29)45-27/h1-4,12-13,17-18,21-22,24-25,28-31,33-42H,5-6H2/t12-,13-,17-,18-,21+,22+,24-,25-,26?,27?/m1/s1. The van der Waals surface area contributed by atoms with Crippen LogP contribution in [0.4, 0.5) is 0 Å². The second-order valence-corrected chi connectivity index (χ2v) is 10.8. The number of aromatic hydroxyl groups is 4. The third-order valence-electron chi connectivity index (χ3n) is 8.03. The second-order valence-electron chi connectivity index (χ2n) is 10.8. The molecule has 0 aliphatic carbocycles. The molecule has 2 aromatic carbocycles. The van der Waals surface area contributed by atoms with Crippen LogP contribution in [-0.4, -0.2) is 134 Å². The predicted octanol–water partition coefficient (Wildman–Crippen LogP) is -4.48. The maximum atomic E-state index is 13.5. The molecule has 45 heavy (non-hydrogen) atoms. The zero-order chi connectivity index (χ0) is 33.3. The number of hydrogen-bond acceptors (Lipinski definition) is 18. The highest BCUT2D eigenvalue weighted by Gasteiger charge is 2.60. The molecule has 5 rings (SSSR count). The first-order valence-electron chi connectivity index (χ1n) is 13.2. The SMILES string of the molecule is O=c1cc(-c2ccc(O)c(O)c2)oc2c(C3(O)O[C@H](CO)[C@@H](O)[C@H](O)[C@H]3O)c(O)c(C3(O)O[C@H](CO)[C@@H](O)[C@H](O)[C@H]3O)c(O)c12. The van der Waals surface area contributed by atoms with Gasteiger partial charge in [-0.3, -0.25) is 4.79 Å².